The van der Waals surface area contributed by atoms with Gasteiger partial charge in [-0.2, -0.15) is 0 Å². The summed E-state index contributed by atoms with van der Waals surface area (Å²) < 4.78 is 5.38. The number of hydrogen-bond acceptors (Lipinski definition) is 3. The molecule has 0 aliphatic rings. The fraction of sp³-hybridized carbons (Fsp3) is 0.429. The highest BCUT2D eigenvalue weighted by molar-refractivity contribution is 5.82. The third-order valence-electron chi connectivity index (χ3n) is 2.60. The van der Waals surface area contributed by atoms with Crippen LogP contribution in [0.5, 0.6) is 5.75 Å². The second kappa shape index (κ2) is 6.78. The first-order valence-electron chi connectivity index (χ1n) is 6.11. The third-order valence-corrected chi connectivity index (χ3v) is 2.60. The second-order valence-electron chi connectivity index (χ2n) is 4.61. The molecule has 0 bridgehead atoms. The second-order valence-corrected chi connectivity index (χ2v) is 4.61. The summed E-state index contributed by atoms with van der Waals surface area (Å²) in [4.78, 5) is 23.9. The summed E-state index contributed by atoms with van der Waals surface area (Å²) >= 11 is 0. The van der Waals surface area contributed by atoms with E-state index >= 15 is 0 Å². The van der Waals surface area contributed by atoms with Gasteiger partial charge < -0.3 is 14.7 Å². The quantitative estimate of drug-likeness (QED) is 0.850. The largest absolute Gasteiger partial charge is 0.484 e. The number of nitrogens with zero attached hydrogens (tertiary/aromatic N) is 1. The first-order chi connectivity index (χ1) is 8.90. The summed E-state index contributed by atoms with van der Waals surface area (Å²) in [5, 5.41) is 8.77. The van der Waals surface area contributed by atoms with Crippen molar-refractivity contribution in [1.82, 2.24) is 4.90 Å². The van der Waals surface area contributed by atoms with Crippen LogP contribution in [0.25, 0.3) is 0 Å². The van der Waals surface area contributed by atoms with Crippen LogP contribution in [0.2, 0.25) is 0 Å². The first kappa shape index (κ1) is 15.0. The average Bonchev–Trinajstić information content (AvgIpc) is 2.32. The molecule has 0 aliphatic carbocycles. The molecule has 1 N–H and O–H groups in total. The molecule has 19 heavy (non-hydrogen) atoms. The Labute approximate surface area is 112 Å². The molecular formula is C14H19NO4. The van der Waals surface area contributed by atoms with Crippen molar-refractivity contribution in [2.24, 2.45) is 0 Å². The number of aryl methyl sites for hydroxylation is 1. The van der Waals surface area contributed by atoms with Crippen molar-refractivity contribution in [3.8, 4) is 5.75 Å². The Hall–Kier alpha value is -2.04. The van der Waals surface area contributed by atoms with Gasteiger partial charge in [-0.05, 0) is 38.5 Å². The number of carbonyl (C=O) groups excluding carboxylic acids is 1. The number of carboxylic acid groups (broad SMARTS) is 1. The van der Waals surface area contributed by atoms with Gasteiger partial charge in [0.1, 0.15) is 12.3 Å². The van der Waals surface area contributed by atoms with Gasteiger partial charge in [0.25, 0.3) is 5.91 Å². The van der Waals surface area contributed by atoms with E-state index in [4.69, 9.17) is 9.84 Å². The molecule has 5 heteroatoms. The minimum Gasteiger partial charge on any atom is -0.484 e. The van der Waals surface area contributed by atoms with Crippen molar-refractivity contribution in [2.45, 2.75) is 26.8 Å². The fourth-order valence-electron chi connectivity index (χ4n) is 1.64. The summed E-state index contributed by atoms with van der Waals surface area (Å²) in [6, 6.07) is 7.18. The lowest BCUT2D eigenvalue weighted by Gasteiger charge is -2.24. The molecule has 1 aromatic rings. The molecule has 0 radical (unpaired) electrons. The lowest BCUT2D eigenvalue weighted by molar-refractivity contribution is -0.146. The lowest BCUT2D eigenvalue weighted by Crippen LogP contribution is -2.43. The third kappa shape index (κ3) is 4.99. The zero-order chi connectivity index (χ0) is 14.4. The number of benzene rings is 1. The molecule has 104 valence electrons. The molecule has 0 atom stereocenters. The zero-order valence-electron chi connectivity index (χ0n) is 11.4. The Morgan fingerprint density at radius 3 is 2.58 bits per heavy atom. The van der Waals surface area contributed by atoms with Crippen molar-refractivity contribution in [1.29, 1.82) is 0 Å². The molecule has 0 unspecified atom stereocenters. The van der Waals surface area contributed by atoms with Crippen LogP contribution >= 0.6 is 0 Å². The molecule has 0 aliphatic heterocycles. The van der Waals surface area contributed by atoms with Crippen molar-refractivity contribution in [2.75, 3.05) is 13.2 Å². The molecular weight excluding hydrogens is 246 g/mol. The molecule has 1 aromatic carbocycles. The van der Waals surface area contributed by atoms with Gasteiger partial charge in [-0.15, -0.1) is 0 Å². The predicted molar refractivity (Wildman–Crippen MR) is 71.2 cm³/mol. The van der Waals surface area contributed by atoms with Crippen molar-refractivity contribution in [3.63, 3.8) is 0 Å². The van der Waals surface area contributed by atoms with Crippen molar-refractivity contribution in [3.05, 3.63) is 29.8 Å². The van der Waals surface area contributed by atoms with E-state index in [9.17, 15) is 9.59 Å². The Morgan fingerprint density at radius 2 is 2.05 bits per heavy atom. The Balaban J connectivity index is 2.59. The van der Waals surface area contributed by atoms with Crippen LogP contribution in [0.3, 0.4) is 0 Å². The normalized spacial score (nSPS) is 10.3. The highest BCUT2D eigenvalue weighted by Crippen LogP contribution is 2.12. The topological polar surface area (TPSA) is 66.8 Å². The number of ether oxygens (including phenoxy) is 1. The van der Waals surface area contributed by atoms with E-state index in [0.717, 1.165) is 5.56 Å². The van der Waals surface area contributed by atoms with Crippen molar-refractivity contribution < 1.29 is 19.4 Å². The monoisotopic (exact) mass is 265 g/mol. The van der Waals surface area contributed by atoms with Crippen LogP contribution in [-0.4, -0.2) is 41.1 Å². The summed E-state index contributed by atoms with van der Waals surface area (Å²) in [7, 11) is 0. The fourth-order valence-corrected chi connectivity index (χ4v) is 1.64. The van der Waals surface area contributed by atoms with Gasteiger partial charge in [0.05, 0.1) is 0 Å². The number of carbonyl (C=O) groups is 2. The molecule has 1 amide bonds. The molecule has 0 saturated carbocycles. The van der Waals surface area contributed by atoms with Gasteiger partial charge in [0.15, 0.2) is 6.61 Å². The maximum atomic E-state index is 11.9. The summed E-state index contributed by atoms with van der Waals surface area (Å²) in [6.45, 7) is 5.00. The van der Waals surface area contributed by atoms with Crippen LogP contribution in [-0.2, 0) is 9.59 Å². The van der Waals surface area contributed by atoms with Gasteiger partial charge >= 0.3 is 5.97 Å². The number of amides is 1. The minimum atomic E-state index is -1.03. The molecule has 1 rings (SSSR count). The maximum Gasteiger partial charge on any atom is 0.323 e. The summed E-state index contributed by atoms with van der Waals surface area (Å²) in [5.41, 5.74) is 1.04. The number of aliphatic carboxylic acids is 1. The van der Waals surface area contributed by atoms with E-state index in [1.54, 1.807) is 19.9 Å². The van der Waals surface area contributed by atoms with Crippen LogP contribution in [0.1, 0.15) is 19.4 Å². The molecule has 5 nitrogen and oxygen atoms in total. The number of hydrogen-bond donors (Lipinski definition) is 1. The zero-order valence-corrected chi connectivity index (χ0v) is 11.4. The standard InChI is InChI=1S/C14H19NO4/c1-10(2)15(8-14(17)18)13(16)9-19-12-6-4-5-11(3)7-12/h4-7,10H,8-9H2,1-3H3,(H,17,18). The van der Waals surface area contributed by atoms with E-state index in [1.807, 2.05) is 25.1 Å². The van der Waals surface area contributed by atoms with E-state index in [2.05, 4.69) is 0 Å². The molecule has 0 heterocycles. The Bertz CT molecular complexity index is 457. The smallest absolute Gasteiger partial charge is 0.323 e. The van der Waals surface area contributed by atoms with E-state index in [-0.39, 0.29) is 25.1 Å². The van der Waals surface area contributed by atoms with Crippen LogP contribution < -0.4 is 4.74 Å². The van der Waals surface area contributed by atoms with Crippen LogP contribution in [0.15, 0.2) is 24.3 Å². The molecule has 0 aromatic heterocycles. The van der Waals surface area contributed by atoms with Gasteiger partial charge in [-0.1, -0.05) is 12.1 Å². The molecule has 0 saturated heterocycles. The number of carboxylic acids is 1. The van der Waals surface area contributed by atoms with Crippen molar-refractivity contribution >= 4 is 11.9 Å². The maximum absolute atomic E-state index is 11.9. The molecule has 0 fully saturated rings. The SMILES string of the molecule is Cc1cccc(OCC(=O)N(CC(=O)O)C(C)C)c1. The molecule has 0 spiro atoms. The van der Waals surface area contributed by atoms with E-state index in [1.165, 1.54) is 4.90 Å². The lowest BCUT2D eigenvalue weighted by atomic mass is 10.2. The van der Waals surface area contributed by atoms with Gasteiger partial charge in [-0.25, -0.2) is 0 Å². The van der Waals surface area contributed by atoms with Crippen LogP contribution in [0, 0.1) is 6.92 Å². The Kier molecular flexibility index (Phi) is 5.36. The minimum absolute atomic E-state index is 0.158. The summed E-state index contributed by atoms with van der Waals surface area (Å²) in [5.74, 6) is -0.760. The van der Waals surface area contributed by atoms with Gasteiger partial charge in [0.2, 0.25) is 0 Å². The first-order valence-corrected chi connectivity index (χ1v) is 6.11. The summed E-state index contributed by atoms with van der Waals surface area (Å²) in [6.07, 6.45) is 0. The average molecular weight is 265 g/mol. The van der Waals surface area contributed by atoms with Gasteiger partial charge in [-0.3, -0.25) is 9.59 Å². The van der Waals surface area contributed by atoms with Gasteiger partial charge in [0, 0.05) is 6.04 Å². The van der Waals surface area contributed by atoms with Crippen LogP contribution in [0.4, 0.5) is 0 Å². The Morgan fingerprint density at radius 1 is 1.37 bits per heavy atom. The highest BCUT2D eigenvalue weighted by Gasteiger charge is 2.20. The highest BCUT2D eigenvalue weighted by atomic mass is 16.5. The van der Waals surface area contributed by atoms with E-state index in [0.29, 0.717) is 5.75 Å². The number of rotatable bonds is 6. The van der Waals surface area contributed by atoms with E-state index < -0.39 is 5.97 Å². The predicted octanol–water partition coefficient (Wildman–Crippen LogP) is 1.70.